The van der Waals surface area contributed by atoms with E-state index in [9.17, 15) is 9.18 Å². The smallest absolute Gasteiger partial charge is 0.156 e. The van der Waals surface area contributed by atoms with E-state index in [1.807, 2.05) is 6.92 Å². The Hall–Kier alpha value is -0.740. The summed E-state index contributed by atoms with van der Waals surface area (Å²) in [7, 11) is 0. The number of halogens is 2. The molecule has 94 valence electrons. The zero-order chi connectivity index (χ0) is 13.1. The van der Waals surface area contributed by atoms with Crippen molar-refractivity contribution in [1.82, 2.24) is 0 Å². The Labute approximate surface area is 110 Å². The molecule has 2 N–H and O–H groups in total. The number of carbonyl (C=O) groups excluding carboxylic acids is 1. The minimum absolute atomic E-state index is 0.0642. The van der Waals surface area contributed by atoms with Crippen LogP contribution in [0.4, 0.5) is 4.39 Å². The fourth-order valence-electron chi connectivity index (χ4n) is 1.71. The van der Waals surface area contributed by atoms with Gasteiger partial charge >= 0.3 is 0 Å². The molecule has 1 unspecified atom stereocenters. The van der Waals surface area contributed by atoms with Gasteiger partial charge < -0.3 is 5.73 Å². The second-order valence-corrected chi connectivity index (χ2v) is 5.36. The van der Waals surface area contributed by atoms with Crippen LogP contribution in [-0.2, 0) is 11.2 Å². The number of benzene rings is 1. The van der Waals surface area contributed by atoms with Gasteiger partial charge in [-0.05, 0) is 37.1 Å². The standard InChI is InChI=1S/C13H17BrFNO/c1-3-6-13(2,16)12(17)8-9-7-10(15)4-5-11(9)14/h4-5,7H,3,6,8,16H2,1-2H3. The molecule has 0 aromatic heterocycles. The Balaban J connectivity index is 2.84. The van der Waals surface area contributed by atoms with Gasteiger partial charge in [0.15, 0.2) is 5.78 Å². The number of carbonyl (C=O) groups is 1. The lowest BCUT2D eigenvalue weighted by molar-refractivity contribution is -0.123. The van der Waals surface area contributed by atoms with Gasteiger partial charge in [0.2, 0.25) is 0 Å². The molecule has 1 aromatic rings. The fraction of sp³-hybridized carbons (Fsp3) is 0.462. The van der Waals surface area contributed by atoms with E-state index >= 15 is 0 Å². The molecule has 0 aliphatic rings. The summed E-state index contributed by atoms with van der Waals surface area (Å²) >= 11 is 3.30. The number of nitrogens with two attached hydrogens (primary N) is 1. The van der Waals surface area contributed by atoms with Crippen molar-refractivity contribution in [1.29, 1.82) is 0 Å². The quantitative estimate of drug-likeness (QED) is 0.907. The van der Waals surface area contributed by atoms with Crippen molar-refractivity contribution in [2.45, 2.75) is 38.6 Å². The summed E-state index contributed by atoms with van der Waals surface area (Å²) in [5, 5.41) is 0. The van der Waals surface area contributed by atoms with Gasteiger partial charge in [-0.1, -0.05) is 29.3 Å². The average Bonchev–Trinajstić information content (AvgIpc) is 2.23. The SMILES string of the molecule is CCCC(C)(N)C(=O)Cc1cc(F)ccc1Br. The number of hydrogen-bond acceptors (Lipinski definition) is 2. The highest BCUT2D eigenvalue weighted by Crippen LogP contribution is 2.21. The van der Waals surface area contributed by atoms with Gasteiger partial charge in [0, 0.05) is 10.9 Å². The first-order chi connectivity index (χ1) is 7.86. The predicted octanol–water partition coefficient (Wildman–Crippen LogP) is 3.22. The number of Topliss-reactive ketones (excluding diaryl/α,β-unsaturated/α-hetero) is 1. The van der Waals surface area contributed by atoms with Gasteiger partial charge in [-0.25, -0.2) is 4.39 Å². The first-order valence-corrected chi connectivity index (χ1v) is 6.42. The lowest BCUT2D eigenvalue weighted by Gasteiger charge is -2.22. The summed E-state index contributed by atoms with van der Waals surface area (Å²) < 4.78 is 13.8. The topological polar surface area (TPSA) is 43.1 Å². The van der Waals surface area contributed by atoms with Crippen molar-refractivity contribution in [3.8, 4) is 0 Å². The number of hydrogen-bond donors (Lipinski definition) is 1. The van der Waals surface area contributed by atoms with E-state index in [0.717, 1.165) is 10.9 Å². The molecule has 0 aliphatic heterocycles. The van der Waals surface area contributed by atoms with E-state index in [2.05, 4.69) is 15.9 Å². The Morgan fingerprint density at radius 1 is 1.53 bits per heavy atom. The van der Waals surface area contributed by atoms with Crippen LogP contribution in [0.15, 0.2) is 22.7 Å². The van der Waals surface area contributed by atoms with Gasteiger partial charge in [-0.3, -0.25) is 4.79 Å². The third-order valence-electron chi connectivity index (χ3n) is 2.77. The molecule has 1 atom stereocenters. The van der Waals surface area contributed by atoms with Crippen LogP contribution >= 0.6 is 15.9 Å². The second kappa shape index (κ2) is 5.74. The van der Waals surface area contributed by atoms with Crippen molar-refractivity contribution >= 4 is 21.7 Å². The van der Waals surface area contributed by atoms with Crippen LogP contribution < -0.4 is 5.73 Å². The molecule has 1 aromatic carbocycles. The highest BCUT2D eigenvalue weighted by molar-refractivity contribution is 9.10. The number of rotatable bonds is 5. The summed E-state index contributed by atoms with van der Waals surface area (Å²) in [6.45, 7) is 3.71. The molecule has 1 rings (SSSR count). The van der Waals surface area contributed by atoms with Crippen LogP contribution in [0.3, 0.4) is 0 Å². The summed E-state index contributed by atoms with van der Waals surface area (Å²) in [5.41, 5.74) is 5.76. The van der Waals surface area contributed by atoms with Crippen molar-refractivity contribution < 1.29 is 9.18 Å². The number of ketones is 1. The van der Waals surface area contributed by atoms with Gasteiger partial charge in [-0.2, -0.15) is 0 Å². The van der Waals surface area contributed by atoms with E-state index in [1.165, 1.54) is 12.1 Å². The van der Waals surface area contributed by atoms with E-state index in [-0.39, 0.29) is 18.0 Å². The van der Waals surface area contributed by atoms with Crippen LogP contribution in [0.25, 0.3) is 0 Å². The van der Waals surface area contributed by atoms with Gasteiger partial charge in [-0.15, -0.1) is 0 Å². The molecule has 0 saturated heterocycles. The first kappa shape index (κ1) is 14.3. The summed E-state index contributed by atoms with van der Waals surface area (Å²) in [5.74, 6) is -0.407. The van der Waals surface area contributed by atoms with Gasteiger partial charge in [0.25, 0.3) is 0 Å². The molecule has 2 nitrogen and oxygen atoms in total. The lowest BCUT2D eigenvalue weighted by atomic mass is 9.88. The maximum Gasteiger partial charge on any atom is 0.156 e. The Morgan fingerprint density at radius 3 is 2.76 bits per heavy atom. The minimum atomic E-state index is -0.833. The van der Waals surface area contributed by atoms with Crippen LogP contribution in [0.5, 0.6) is 0 Å². The lowest BCUT2D eigenvalue weighted by Crippen LogP contribution is -2.45. The average molecular weight is 302 g/mol. The summed E-state index contributed by atoms with van der Waals surface area (Å²) in [4.78, 5) is 12.0. The zero-order valence-corrected chi connectivity index (χ0v) is 11.7. The molecule has 4 heteroatoms. The molecule has 0 bridgehead atoms. The van der Waals surface area contributed by atoms with Crippen molar-refractivity contribution in [3.63, 3.8) is 0 Å². The third kappa shape index (κ3) is 3.89. The van der Waals surface area contributed by atoms with Gasteiger partial charge in [0.1, 0.15) is 5.82 Å². The molecule has 0 spiro atoms. The molecule has 0 heterocycles. The molecule has 0 aliphatic carbocycles. The molecule has 0 radical (unpaired) electrons. The largest absolute Gasteiger partial charge is 0.319 e. The van der Waals surface area contributed by atoms with Crippen LogP contribution in [0.2, 0.25) is 0 Å². The third-order valence-corrected chi connectivity index (χ3v) is 3.54. The van der Waals surface area contributed by atoms with Crippen LogP contribution in [0, 0.1) is 5.82 Å². The minimum Gasteiger partial charge on any atom is -0.319 e. The Morgan fingerprint density at radius 2 is 2.18 bits per heavy atom. The van der Waals surface area contributed by atoms with E-state index < -0.39 is 5.54 Å². The first-order valence-electron chi connectivity index (χ1n) is 5.63. The summed E-state index contributed by atoms with van der Waals surface area (Å²) in [6, 6.07) is 4.32. The second-order valence-electron chi connectivity index (χ2n) is 4.50. The Kier molecular flexibility index (Phi) is 4.83. The molecule has 17 heavy (non-hydrogen) atoms. The molecular formula is C13H17BrFNO. The van der Waals surface area contributed by atoms with Gasteiger partial charge in [0.05, 0.1) is 5.54 Å². The summed E-state index contributed by atoms with van der Waals surface area (Å²) in [6.07, 6.45) is 1.65. The van der Waals surface area contributed by atoms with Crippen LogP contribution in [0.1, 0.15) is 32.3 Å². The molecule has 0 amide bonds. The molecular weight excluding hydrogens is 285 g/mol. The highest BCUT2D eigenvalue weighted by Gasteiger charge is 2.27. The van der Waals surface area contributed by atoms with E-state index in [1.54, 1.807) is 13.0 Å². The van der Waals surface area contributed by atoms with E-state index in [0.29, 0.717) is 12.0 Å². The predicted molar refractivity (Wildman–Crippen MR) is 70.3 cm³/mol. The molecule has 0 fully saturated rings. The zero-order valence-electron chi connectivity index (χ0n) is 10.1. The maximum atomic E-state index is 13.1. The van der Waals surface area contributed by atoms with E-state index in [4.69, 9.17) is 5.73 Å². The normalized spacial score (nSPS) is 14.4. The fourth-order valence-corrected chi connectivity index (χ4v) is 2.10. The van der Waals surface area contributed by atoms with Crippen LogP contribution in [-0.4, -0.2) is 11.3 Å². The highest BCUT2D eigenvalue weighted by atomic mass is 79.9. The Bertz CT molecular complexity index is 418. The van der Waals surface area contributed by atoms with Crippen molar-refractivity contribution in [2.75, 3.05) is 0 Å². The molecule has 0 saturated carbocycles. The maximum absolute atomic E-state index is 13.1. The monoisotopic (exact) mass is 301 g/mol. The van der Waals surface area contributed by atoms with Crippen molar-refractivity contribution in [2.24, 2.45) is 5.73 Å². The van der Waals surface area contributed by atoms with Crippen molar-refractivity contribution in [3.05, 3.63) is 34.1 Å².